The number of aryl methyl sites for hydroxylation is 1. The SMILES string of the molecule is Cn1c(SCc2nnnn2-c2ccc(Br)cc2)nc2ccccc21. The Morgan fingerprint density at radius 1 is 1.08 bits per heavy atom. The zero-order chi connectivity index (χ0) is 16.5. The first-order valence-corrected chi connectivity index (χ1v) is 9.08. The second kappa shape index (κ2) is 6.37. The Labute approximate surface area is 151 Å². The lowest BCUT2D eigenvalue weighted by Crippen LogP contribution is -2.02. The van der Waals surface area contributed by atoms with Gasteiger partial charge in [0.1, 0.15) is 0 Å². The van der Waals surface area contributed by atoms with E-state index in [0.29, 0.717) is 5.75 Å². The second-order valence-corrected chi connectivity index (χ2v) is 7.07. The molecular weight excluding hydrogens is 388 g/mol. The van der Waals surface area contributed by atoms with Gasteiger partial charge < -0.3 is 4.57 Å². The number of rotatable bonds is 4. The quantitative estimate of drug-likeness (QED) is 0.489. The van der Waals surface area contributed by atoms with Crippen LogP contribution in [0.4, 0.5) is 0 Å². The summed E-state index contributed by atoms with van der Waals surface area (Å²) in [6, 6.07) is 16.0. The molecule has 0 atom stereocenters. The third kappa shape index (κ3) is 2.83. The first kappa shape index (κ1) is 15.3. The maximum atomic E-state index is 4.67. The fourth-order valence-electron chi connectivity index (χ4n) is 2.46. The van der Waals surface area contributed by atoms with Crippen LogP contribution < -0.4 is 0 Å². The summed E-state index contributed by atoms with van der Waals surface area (Å²) in [5.74, 6) is 1.43. The van der Waals surface area contributed by atoms with Crippen molar-refractivity contribution in [2.75, 3.05) is 0 Å². The Balaban J connectivity index is 1.59. The van der Waals surface area contributed by atoms with Crippen molar-refractivity contribution in [3.63, 3.8) is 0 Å². The van der Waals surface area contributed by atoms with Crippen molar-refractivity contribution in [3.05, 3.63) is 58.8 Å². The van der Waals surface area contributed by atoms with Gasteiger partial charge in [0.05, 0.1) is 22.5 Å². The molecule has 0 spiro atoms. The number of halogens is 1. The summed E-state index contributed by atoms with van der Waals surface area (Å²) in [6.45, 7) is 0. The molecule has 120 valence electrons. The van der Waals surface area contributed by atoms with Gasteiger partial charge in [-0.25, -0.2) is 4.98 Å². The lowest BCUT2D eigenvalue weighted by molar-refractivity contribution is 0.776. The largest absolute Gasteiger partial charge is 0.322 e. The van der Waals surface area contributed by atoms with Crippen molar-refractivity contribution in [1.82, 2.24) is 29.8 Å². The van der Waals surface area contributed by atoms with E-state index in [4.69, 9.17) is 0 Å². The van der Waals surface area contributed by atoms with Crippen molar-refractivity contribution in [1.29, 1.82) is 0 Å². The van der Waals surface area contributed by atoms with E-state index in [9.17, 15) is 0 Å². The van der Waals surface area contributed by atoms with E-state index < -0.39 is 0 Å². The van der Waals surface area contributed by atoms with Gasteiger partial charge in [0.25, 0.3) is 0 Å². The van der Waals surface area contributed by atoms with Gasteiger partial charge >= 0.3 is 0 Å². The Morgan fingerprint density at radius 3 is 2.67 bits per heavy atom. The molecule has 2 aromatic carbocycles. The zero-order valence-electron chi connectivity index (χ0n) is 12.8. The lowest BCUT2D eigenvalue weighted by Gasteiger charge is -2.05. The molecule has 0 aliphatic heterocycles. The molecule has 0 N–H and O–H groups in total. The molecule has 0 saturated heterocycles. The number of imidazole rings is 1. The molecule has 4 rings (SSSR count). The molecule has 0 radical (unpaired) electrons. The highest BCUT2D eigenvalue weighted by molar-refractivity contribution is 9.10. The van der Waals surface area contributed by atoms with Crippen LogP contribution in [-0.2, 0) is 12.8 Å². The third-order valence-corrected chi connectivity index (χ3v) is 5.24. The molecule has 24 heavy (non-hydrogen) atoms. The van der Waals surface area contributed by atoms with Crippen LogP contribution in [0.2, 0.25) is 0 Å². The van der Waals surface area contributed by atoms with E-state index >= 15 is 0 Å². The van der Waals surface area contributed by atoms with Crippen molar-refractivity contribution in [2.24, 2.45) is 7.05 Å². The predicted octanol–water partition coefficient (Wildman–Crippen LogP) is 3.60. The molecule has 0 fully saturated rings. The van der Waals surface area contributed by atoms with Crippen LogP contribution in [0.15, 0.2) is 58.2 Å². The van der Waals surface area contributed by atoms with Crippen LogP contribution >= 0.6 is 27.7 Å². The Kier molecular flexibility index (Phi) is 4.07. The minimum Gasteiger partial charge on any atom is -0.322 e. The van der Waals surface area contributed by atoms with Gasteiger partial charge in [0, 0.05) is 11.5 Å². The summed E-state index contributed by atoms with van der Waals surface area (Å²) in [5.41, 5.74) is 3.05. The van der Waals surface area contributed by atoms with Crippen molar-refractivity contribution < 1.29 is 0 Å². The molecule has 0 saturated carbocycles. The fourth-order valence-corrected chi connectivity index (χ4v) is 3.62. The molecule has 2 aromatic heterocycles. The van der Waals surface area contributed by atoms with Gasteiger partial charge in [-0.2, -0.15) is 4.68 Å². The van der Waals surface area contributed by atoms with Gasteiger partial charge in [0.15, 0.2) is 11.0 Å². The predicted molar refractivity (Wildman–Crippen MR) is 97.1 cm³/mol. The van der Waals surface area contributed by atoms with Gasteiger partial charge in [-0.3, -0.25) is 0 Å². The molecule has 8 heteroatoms. The summed E-state index contributed by atoms with van der Waals surface area (Å²) in [6.07, 6.45) is 0. The Hall–Kier alpha value is -2.19. The van der Waals surface area contributed by atoms with E-state index in [1.165, 1.54) is 0 Å². The van der Waals surface area contributed by atoms with Crippen LogP contribution in [0, 0.1) is 0 Å². The van der Waals surface area contributed by atoms with Crippen LogP contribution in [0.3, 0.4) is 0 Å². The summed E-state index contributed by atoms with van der Waals surface area (Å²) in [4.78, 5) is 4.67. The maximum absolute atomic E-state index is 4.67. The van der Waals surface area contributed by atoms with Gasteiger partial charge in [-0.05, 0) is 46.8 Å². The number of fused-ring (bicyclic) bond motifs is 1. The van der Waals surface area contributed by atoms with Crippen molar-refractivity contribution in [2.45, 2.75) is 10.9 Å². The van der Waals surface area contributed by atoms with E-state index in [1.54, 1.807) is 16.4 Å². The molecule has 2 heterocycles. The lowest BCUT2D eigenvalue weighted by atomic mass is 10.3. The first-order valence-electron chi connectivity index (χ1n) is 7.30. The standard InChI is InChI=1S/C16H13BrN6S/c1-22-14-5-3-2-4-13(14)18-16(22)24-10-15-19-20-21-23(15)12-8-6-11(17)7-9-12/h2-9H,10H2,1H3. The number of thioether (sulfide) groups is 1. The number of tetrazole rings is 1. The first-order chi connectivity index (χ1) is 11.7. The number of para-hydroxylation sites is 2. The Morgan fingerprint density at radius 2 is 1.88 bits per heavy atom. The fraction of sp³-hybridized carbons (Fsp3) is 0.125. The maximum Gasteiger partial charge on any atom is 0.169 e. The smallest absolute Gasteiger partial charge is 0.169 e. The van der Waals surface area contributed by atoms with Gasteiger partial charge in [0.2, 0.25) is 0 Å². The second-order valence-electron chi connectivity index (χ2n) is 5.21. The number of aromatic nitrogens is 6. The van der Waals surface area contributed by atoms with Crippen molar-refractivity contribution >= 4 is 38.7 Å². The minimum atomic E-state index is 0.639. The number of hydrogen-bond acceptors (Lipinski definition) is 5. The average Bonchev–Trinajstić information content (AvgIpc) is 3.19. The molecule has 0 bridgehead atoms. The monoisotopic (exact) mass is 400 g/mol. The number of hydrogen-bond donors (Lipinski definition) is 0. The molecule has 6 nitrogen and oxygen atoms in total. The van der Waals surface area contributed by atoms with Crippen LogP contribution in [0.5, 0.6) is 0 Å². The molecule has 0 unspecified atom stereocenters. The van der Waals surface area contributed by atoms with Gasteiger partial charge in [-0.15, -0.1) is 5.10 Å². The summed E-state index contributed by atoms with van der Waals surface area (Å²) in [5, 5.41) is 13.0. The highest BCUT2D eigenvalue weighted by Gasteiger charge is 2.12. The van der Waals surface area contributed by atoms with Crippen molar-refractivity contribution in [3.8, 4) is 5.69 Å². The average molecular weight is 401 g/mol. The van der Waals surface area contributed by atoms with Crippen LogP contribution in [-0.4, -0.2) is 29.8 Å². The topological polar surface area (TPSA) is 61.4 Å². The minimum absolute atomic E-state index is 0.639. The highest BCUT2D eigenvalue weighted by Crippen LogP contribution is 2.25. The molecule has 0 aliphatic carbocycles. The van der Waals surface area contributed by atoms with Crippen LogP contribution in [0.25, 0.3) is 16.7 Å². The van der Waals surface area contributed by atoms with E-state index in [1.807, 2.05) is 49.5 Å². The van der Waals surface area contributed by atoms with E-state index in [2.05, 4.69) is 47.1 Å². The molecule has 0 aliphatic rings. The zero-order valence-corrected chi connectivity index (χ0v) is 15.2. The van der Waals surface area contributed by atoms with Gasteiger partial charge in [-0.1, -0.05) is 39.8 Å². The molecule has 4 aromatic rings. The summed E-state index contributed by atoms with van der Waals surface area (Å²) in [7, 11) is 2.02. The van der Waals surface area contributed by atoms with E-state index in [0.717, 1.165) is 32.2 Å². The number of benzene rings is 2. The van der Waals surface area contributed by atoms with Crippen LogP contribution in [0.1, 0.15) is 5.82 Å². The molecule has 0 amide bonds. The van der Waals surface area contributed by atoms with E-state index in [-0.39, 0.29) is 0 Å². The summed E-state index contributed by atoms with van der Waals surface area (Å²) >= 11 is 5.06. The number of nitrogens with zero attached hydrogens (tertiary/aromatic N) is 6. The third-order valence-electron chi connectivity index (χ3n) is 3.68. The molecular formula is C16H13BrN6S. The Bertz CT molecular complexity index is 991. The highest BCUT2D eigenvalue weighted by atomic mass is 79.9. The normalized spacial score (nSPS) is 11.2. The summed E-state index contributed by atoms with van der Waals surface area (Å²) < 4.78 is 4.87.